The summed E-state index contributed by atoms with van der Waals surface area (Å²) in [5, 5.41) is 1.02. The lowest BCUT2D eigenvalue weighted by molar-refractivity contribution is -0.148. The van der Waals surface area contributed by atoms with Gasteiger partial charge in [-0.3, -0.25) is 9.59 Å². The van der Waals surface area contributed by atoms with Crippen molar-refractivity contribution in [3.8, 4) is 0 Å². The van der Waals surface area contributed by atoms with Gasteiger partial charge in [0.1, 0.15) is 5.60 Å². The molecule has 1 aromatic heterocycles. The molecule has 1 saturated heterocycles. The van der Waals surface area contributed by atoms with Crippen LogP contribution in [-0.2, 0) is 25.5 Å². The Balaban J connectivity index is 1.90. The van der Waals surface area contributed by atoms with E-state index < -0.39 is 11.7 Å². The number of esters is 1. The number of fused-ring (bicyclic) bond motifs is 5. The van der Waals surface area contributed by atoms with Crippen molar-refractivity contribution in [2.24, 2.45) is 5.41 Å². The zero-order chi connectivity index (χ0) is 24.7. The summed E-state index contributed by atoms with van der Waals surface area (Å²) in [6.45, 7) is 10.5. The highest BCUT2D eigenvalue weighted by Crippen LogP contribution is 2.55. The molecule has 0 bridgehead atoms. The van der Waals surface area contributed by atoms with E-state index in [4.69, 9.17) is 9.47 Å². The largest absolute Gasteiger partial charge is 0.466 e. The average Bonchev–Trinajstić information content (AvgIpc) is 3.13. The number of rotatable bonds is 5. The molecule has 1 aromatic carbocycles. The smallest absolute Gasteiger partial charge is 0.419 e. The molecule has 0 aliphatic carbocycles. The van der Waals surface area contributed by atoms with Crippen LogP contribution in [0.15, 0.2) is 24.3 Å². The van der Waals surface area contributed by atoms with Crippen molar-refractivity contribution in [3.63, 3.8) is 0 Å². The van der Waals surface area contributed by atoms with Gasteiger partial charge in [-0.1, -0.05) is 25.1 Å². The lowest BCUT2D eigenvalue weighted by atomic mass is 9.65. The van der Waals surface area contributed by atoms with E-state index in [2.05, 4.69) is 6.92 Å². The van der Waals surface area contributed by atoms with Crippen molar-refractivity contribution in [2.75, 3.05) is 13.2 Å². The number of piperidine rings is 1. The Labute approximate surface area is 201 Å². The normalized spacial score (nSPS) is 22.3. The Morgan fingerprint density at radius 3 is 2.56 bits per heavy atom. The summed E-state index contributed by atoms with van der Waals surface area (Å²) in [5.41, 5.74) is 1.77. The summed E-state index contributed by atoms with van der Waals surface area (Å²) < 4.78 is 12.8. The highest BCUT2D eigenvalue weighted by atomic mass is 16.6. The molecule has 0 spiro atoms. The molecule has 0 saturated carbocycles. The van der Waals surface area contributed by atoms with Crippen molar-refractivity contribution in [3.05, 3.63) is 35.5 Å². The highest BCUT2D eigenvalue weighted by molar-refractivity contribution is 5.95. The van der Waals surface area contributed by atoms with Crippen LogP contribution >= 0.6 is 0 Å². The van der Waals surface area contributed by atoms with E-state index in [1.807, 2.05) is 49.9 Å². The number of benzene rings is 1. The van der Waals surface area contributed by atoms with Crippen molar-refractivity contribution in [2.45, 2.75) is 84.8 Å². The molecule has 2 atom stereocenters. The van der Waals surface area contributed by atoms with Gasteiger partial charge in [0.25, 0.3) is 0 Å². The predicted molar refractivity (Wildman–Crippen MR) is 130 cm³/mol. The first-order chi connectivity index (χ1) is 16.1. The number of para-hydroxylation sites is 1. The van der Waals surface area contributed by atoms with Crippen LogP contribution in [0.3, 0.4) is 0 Å². The number of ether oxygens (including phenoxy) is 2. The van der Waals surface area contributed by atoms with Crippen LogP contribution in [0.2, 0.25) is 0 Å². The highest BCUT2D eigenvalue weighted by Gasteiger charge is 2.51. The van der Waals surface area contributed by atoms with Gasteiger partial charge in [0, 0.05) is 24.8 Å². The van der Waals surface area contributed by atoms with Crippen molar-refractivity contribution in [1.29, 1.82) is 0 Å². The fourth-order valence-electron chi connectivity index (χ4n) is 5.81. The second-order valence-corrected chi connectivity index (χ2v) is 10.5. The summed E-state index contributed by atoms with van der Waals surface area (Å²) in [5.74, 6) is -0.112. The topological polar surface area (TPSA) is 77.8 Å². The van der Waals surface area contributed by atoms with Crippen LogP contribution in [0.5, 0.6) is 0 Å². The Bertz CT molecular complexity index is 1110. The second kappa shape index (κ2) is 9.08. The predicted octanol–water partition coefficient (Wildman–Crippen LogP) is 5.38. The monoisotopic (exact) mass is 468 g/mol. The van der Waals surface area contributed by atoms with Crippen LogP contribution in [0.4, 0.5) is 4.79 Å². The molecule has 3 heterocycles. The maximum Gasteiger partial charge on any atom is 0.419 e. The summed E-state index contributed by atoms with van der Waals surface area (Å²) in [7, 11) is 0. The standard InChI is InChI=1S/C27H36N2O5/c1-6-27(16-13-22(31)33-7-2)15-12-21(30)28-17-14-19-18-10-8-9-11-20(18)29(23(19)24(27)28)25(32)34-26(3,4)5/h8-11,24H,6-7,12-17H2,1-5H3/t24-,27-/m0/s1. The zero-order valence-corrected chi connectivity index (χ0v) is 21.0. The van der Waals surface area contributed by atoms with Crippen LogP contribution < -0.4 is 0 Å². The first-order valence-electron chi connectivity index (χ1n) is 12.4. The van der Waals surface area contributed by atoms with E-state index in [0.717, 1.165) is 28.6 Å². The maximum absolute atomic E-state index is 13.6. The molecule has 0 N–H and O–H groups in total. The van der Waals surface area contributed by atoms with Crippen LogP contribution in [-0.4, -0.2) is 46.2 Å². The van der Waals surface area contributed by atoms with Gasteiger partial charge >= 0.3 is 12.1 Å². The van der Waals surface area contributed by atoms with Gasteiger partial charge < -0.3 is 14.4 Å². The molecule has 2 aromatic rings. The van der Waals surface area contributed by atoms with E-state index in [0.29, 0.717) is 45.3 Å². The lowest BCUT2D eigenvalue weighted by Gasteiger charge is -2.52. The van der Waals surface area contributed by atoms with E-state index in [1.54, 1.807) is 11.5 Å². The van der Waals surface area contributed by atoms with E-state index >= 15 is 0 Å². The van der Waals surface area contributed by atoms with E-state index in [9.17, 15) is 14.4 Å². The Kier molecular flexibility index (Phi) is 6.49. The third kappa shape index (κ3) is 4.21. The number of hydrogen-bond donors (Lipinski definition) is 0. The fourth-order valence-corrected chi connectivity index (χ4v) is 5.81. The molecule has 2 aliphatic heterocycles. The molecule has 7 heteroatoms. The van der Waals surface area contributed by atoms with Gasteiger partial charge in [0.2, 0.25) is 5.91 Å². The molecule has 34 heavy (non-hydrogen) atoms. The number of nitrogens with zero attached hydrogens (tertiary/aromatic N) is 2. The summed E-state index contributed by atoms with van der Waals surface area (Å²) in [6.07, 6.45) is 3.07. The summed E-state index contributed by atoms with van der Waals surface area (Å²) in [4.78, 5) is 40.9. The first kappa shape index (κ1) is 24.3. The number of aromatic nitrogens is 1. The Morgan fingerprint density at radius 2 is 1.88 bits per heavy atom. The van der Waals surface area contributed by atoms with Gasteiger partial charge in [0.15, 0.2) is 0 Å². The van der Waals surface area contributed by atoms with Crippen LogP contribution in [0.1, 0.15) is 84.0 Å². The number of carbonyl (C=O) groups is 3. The molecule has 184 valence electrons. The van der Waals surface area contributed by atoms with Crippen LogP contribution in [0, 0.1) is 5.41 Å². The average molecular weight is 469 g/mol. The number of hydrogen-bond acceptors (Lipinski definition) is 5. The maximum atomic E-state index is 13.6. The van der Waals surface area contributed by atoms with Crippen molar-refractivity contribution in [1.82, 2.24) is 9.47 Å². The molecular weight excluding hydrogens is 432 g/mol. The molecule has 2 aliphatic rings. The molecule has 0 unspecified atom stereocenters. The molecule has 1 fully saturated rings. The van der Waals surface area contributed by atoms with Gasteiger partial charge in [-0.2, -0.15) is 0 Å². The molecule has 1 amide bonds. The minimum Gasteiger partial charge on any atom is -0.466 e. The third-order valence-electron chi connectivity index (χ3n) is 7.34. The zero-order valence-electron chi connectivity index (χ0n) is 21.0. The fraction of sp³-hybridized carbons (Fsp3) is 0.593. The van der Waals surface area contributed by atoms with Crippen molar-refractivity contribution < 1.29 is 23.9 Å². The van der Waals surface area contributed by atoms with Gasteiger partial charge in [-0.25, -0.2) is 9.36 Å². The SMILES string of the molecule is CCOC(=O)CC[C@]1(CC)CCC(=O)N2CCc3c(n(C(=O)OC(C)(C)C)c4ccccc34)[C@H]21. The minimum absolute atomic E-state index is 0.108. The van der Waals surface area contributed by atoms with Crippen molar-refractivity contribution >= 4 is 28.9 Å². The number of amides is 1. The third-order valence-corrected chi connectivity index (χ3v) is 7.34. The van der Waals surface area contributed by atoms with Gasteiger partial charge in [-0.05, 0) is 70.4 Å². The lowest BCUT2D eigenvalue weighted by Crippen LogP contribution is -2.53. The van der Waals surface area contributed by atoms with E-state index in [-0.39, 0.29) is 23.3 Å². The first-order valence-corrected chi connectivity index (χ1v) is 12.4. The molecule has 0 radical (unpaired) electrons. The second-order valence-electron chi connectivity index (χ2n) is 10.5. The van der Waals surface area contributed by atoms with Crippen LogP contribution in [0.25, 0.3) is 10.9 Å². The quantitative estimate of drug-likeness (QED) is 0.550. The van der Waals surface area contributed by atoms with Gasteiger partial charge in [-0.15, -0.1) is 0 Å². The summed E-state index contributed by atoms with van der Waals surface area (Å²) in [6, 6.07) is 7.60. The Morgan fingerprint density at radius 1 is 1.15 bits per heavy atom. The van der Waals surface area contributed by atoms with E-state index in [1.165, 1.54) is 0 Å². The molecule has 7 nitrogen and oxygen atoms in total. The van der Waals surface area contributed by atoms with Gasteiger partial charge in [0.05, 0.1) is 23.9 Å². The minimum atomic E-state index is -0.655. The summed E-state index contributed by atoms with van der Waals surface area (Å²) >= 11 is 0. The Hall–Kier alpha value is -2.83. The molecular formula is C27H36N2O5. The number of carbonyl (C=O) groups excluding carboxylic acids is 3. The molecule has 4 rings (SSSR count).